The monoisotopic (exact) mass is 187 g/mol. The van der Waals surface area contributed by atoms with E-state index in [1.165, 1.54) is 17.9 Å². The van der Waals surface area contributed by atoms with E-state index in [0.717, 1.165) is 13.1 Å². The lowest BCUT2D eigenvalue weighted by Crippen LogP contribution is -2.54. The van der Waals surface area contributed by atoms with Crippen LogP contribution in [0.2, 0.25) is 0 Å². The molecule has 2 aliphatic heterocycles. The van der Waals surface area contributed by atoms with Crippen LogP contribution < -0.4 is 0 Å². The van der Waals surface area contributed by atoms with Crippen molar-refractivity contribution in [3.05, 3.63) is 0 Å². The second-order valence-electron chi connectivity index (χ2n) is 3.51. The van der Waals surface area contributed by atoms with E-state index in [4.69, 9.17) is 5.11 Å². The van der Waals surface area contributed by atoms with Crippen LogP contribution in [0.15, 0.2) is 0 Å². The summed E-state index contributed by atoms with van der Waals surface area (Å²) in [7, 11) is 0. The molecule has 0 aromatic heterocycles. The van der Waals surface area contributed by atoms with Gasteiger partial charge in [0.25, 0.3) is 0 Å². The van der Waals surface area contributed by atoms with Gasteiger partial charge in [0.2, 0.25) is 0 Å². The van der Waals surface area contributed by atoms with Gasteiger partial charge in [-0.15, -0.1) is 0 Å². The highest BCUT2D eigenvalue weighted by Gasteiger charge is 2.37. The molecule has 0 spiro atoms. The molecule has 3 nitrogen and oxygen atoms in total. The minimum absolute atomic E-state index is 0.0874. The molecule has 1 N–H and O–H groups in total. The molecule has 4 heteroatoms. The molecule has 2 fully saturated rings. The Kier molecular flexibility index (Phi) is 2.28. The highest BCUT2D eigenvalue weighted by Crippen LogP contribution is 2.28. The number of hydrogen-bond acceptors (Lipinski definition) is 3. The third-order valence-electron chi connectivity index (χ3n) is 2.68. The SMILES string of the molecule is O=C(O)C1CN([C@@H]2CCSC2)C1. The van der Waals surface area contributed by atoms with Gasteiger partial charge in [0.1, 0.15) is 0 Å². The maximum absolute atomic E-state index is 10.5. The maximum Gasteiger partial charge on any atom is 0.309 e. The molecule has 2 heterocycles. The molecule has 0 saturated carbocycles. The summed E-state index contributed by atoms with van der Waals surface area (Å²) < 4.78 is 0. The van der Waals surface area contributed by atoms with Crippen LogP contribution in [0.5, 0.6) is 0 Å². The van der Waals surface area contributed by atoms with Gasteiger partial charge >= 0.3 is 5.97 Å². The van der Waals surface area contributed by atoms with Crippen molar-refractivity contribution in [1.82, 2.24) is 4.90 Å². The van der Waals surface area contributed by atoms with Gasteiger partial charge in [-0.3, -0.25) is 9.69 Å². The normalized spacial score (nSPS) is 31.8. The fourth-order valence-electron chi connectivity index (χ4n) is 1.78. The fourth-order valence-corrected chi connectivity index (χ4v) is 3.03. The summed E-state index contributed by atoms with van der Waals surface area (Å²) >= 11 is 1.98. The molecule has 0 aromatic rings. The molecule has 2 saturated heterocycles. The largest absolute Gasteiger partial charge is 0.481 e. The Balaban J connectivity index is 1.77. The summed E-state index contributed by atoms with van der Waals surface area (Å²) in [6.07, 6.45) is 1.25. The van der Waals surface area contributed by atoms with Crippen LogP contribution in [0.3, 0.4) is 0 Å². The van der Waals surface area contributed by atoms with E-state index in [2.05, 4.69) is 4.90 Å². The van der Waals surface area contributed by atoms with Gasteiger partial charge in [-0.25, -0.2) is 0 Å². The van der Waals surface area contributed by atoms with Gasteiger partial charge in [0.15, 0.2) is 0 Å². The zero-order valence-corrected chi connectivity index (χ0v) is 7.72. The van der Waals surface area contributed by atoms with Crippen molar-refractivity contribution in [1.29, 1.82) is 0 Å². The van der Waals surface area contributed by atoms with E-state index >= 15 is 0 Å². The molecule has 0 aromatic carbocycles. The van der Waals surface area contributed by atoms with Gasteiger partial charge in [0.05, 0.1) is 5.92 Å². The zero-order chi connectivity index (χ0) is 8.55. The predicted molar refractivity (Wildman–Crippen MR) is 48.4 cm³/mol. The summed E-state index contributed by atoms with van der Waals surface area (Å²) in [6, 6.07) is 0.672. The molecule has 12 heavy (non-hydrogen) atoms. The second kappa shape index (κ2) is 3.26. The van der Waals surface area contributed by atoms with Crippen molar-refractivity contribution in [2.75, 3.05) is 24.6 Å². The molecule has 0 radical (unpaired) electrons. The van der Waals surface area contributed by atoms with Gasteiger partial charge in [-0.2, -0.15) is 11.8 Å². The van der Waals surface area contributed by atoms with E-state index < -0.39 is 5.97 Å². The van der Waals surface area contributed by atoms with Crippen molar-refractivity contribution in [3.63, 3.8) is 0 Å². The van der Waals surface area contributed by atoms with Gasteiger partial charge in [-0.1, -0.05) is 0 Å². The third kappa shape index (κ3) is 1.45. The lowest BCUT2D eigenvalue weighted by molar-refractivity contribution is -0.148. The Morgan fingerprint density at radius 2 is 2.25 bits per heavy atom. The number of rotatable bonds is 2. The summed E-state index contributed by atoms with van der Waals surface area (Å²) in [5.74, 6) is 1.73. The van der Waals surface area contributed by atoms with Gasteiger partial charge in [-0.05, 0) is 12.2 Å². The highest BCUT2D eigenvalue weighted by atomic mass is 32.2. The standard InChI is InChI=1S/C8H13NO2S/c10-8(11)6-3-9(4-6)7-1-2-12-5-7/h6-7H,1-5H2,(H,10,11)/t7-/m1/s1. The Morgan fingerprint density at radius 3 is 2.75 bits per heavy atom. The van der Waals surface area contributed by atoms with E-state index in [9.17, 15) is 4.79 Å². The molecule has 2 aliphatic rings. The zero-order valence-electron chi connectivity index (χ0n) is 6.90. The molecule has 0 unspecified atom stereocenters. The van der Waals surface area contributed by atoms with E-state index in [1.807, 2.05) is 11.8 Å². The summed E-state index contributed by atoms with van der Waals surface area (Å²) in [6.45, 7) is 1.56. The van der Waals surface area contributed by atoms with Crippen molar-refractivity contribution < 1.29 is 9.90 Å². The van der Waals surface area contributed by atoms with E-state index in [-0.39, 0.29) is 5.92 Å². The molecule has 1 atom stereocenters. The van der Waals surface area contributed by atoms with E-state index in [1.54, 1.807) is 0 Å². The van der Waals surface area contributed by atoms with Crippen LogP contribution in [0.1, 0.15) is 6.42 Å². The number of thioether (sulfide) groups is 1. The Hall–Kier alpha value is -0.220. The molecular formula is C8H13NO2S. The van der Waals surface area contributed by atoms with Gasteiger partial charge < -0.3 is 5.11 Å². The second-order valence-corrected chi connectivity index (χ2v) is 4.66. The average Bonchev–Trinajstić information content (AvgIpc) is 2.34. The van der Waals surface area contributed by atoms with Crippen molar-refractivity contribution >= 4 is 17.7 Å². The van der Waals surface area contributed by atoms with Crippen molar-refractivity contribution in [2.45, 2.75) is 12.5 Å². The quantitative estimate of drug-likeness (QED) is 0.684. The average molecular weight is 187 g/mol. The number of carboxylic acid groups (broad SMARTS) is 1. The van der Waals surface area contributed by atoms with Crippen LogP contribution in [0.4, 0.5) is 0 Å². The number of nitrogens with zero attached hydrogens (tertiary/aromatic N) is 1. The molecule has 2 rings (SSSR count). The first-order valence-corrected chi connectivity index (χ1v) is 5.47. The molecular weight excluding hydrogens is 174 g/mol. The smallest absolute Gasteiger partial charge is 0.309 e. The first-order valence-electron chi connectivity index (χ1n) is 4.32. The number of hydrogen-bond donors (Lipinski definition) is 1. The summed E-state index contributed by atoms with van der Waals surface area (Å²) in [5, 5.41) is 8.66. The fraction of sp³-hybridized carbons (Fsp3) is 0.875. The van der Waals surface area contributed by atoms with Crippen LogP contribution in [-0.2, 0) is 4.79 Å². The lowest BCUT2D eigenvalue weighted by Gasteiger charge is -2.40. The number of carbonyl (C=O) groups is 1. The van der Waals surface area contributed by atoms with Crippen molar-refractivity contribution in [3.8, 4) is 0 Å². The minimum atomic E-state index is -0.628. The Labute approximate surface area is 76.1 Å². The minimum Gasteiger partial charge on any atom is -0.481 e. The molecule has 0 aliphatic carbocycles. The topological polar surface area (TPSA) is 40.5 Å². The van der Waals surface area contributed by atoms with Crippen LogP contribution >= 0.6 is 11.8 Å². The Morgan fingerprint density at radius 1 is 1.50 bits per heavy atom. The number of aliphatic carboxylic acids is 1. The molecule has 68 valence electrons. The summed E-state index contributed by atoms with van der Waals surface area (Å²) in [4.78, 5) is 12.8. The first kappa shape index (κ1) is 8.38. The summed E-state index contributed by atoms with van der Waals surface area (Å²) in [5.41, 5.74) is 0. The Bertz CT molecular complexity index is 185. The number of likely N-dealkylation sites (tertiary alicyclic amines) is 1. The number of carboxylic acids is 1. The maximum atomic E-state index is 10.5. The molecule has 0 bridgehead atoms. The lowest BCUT2D eigenvalue weighted by atomic mass is 9.97. The third-order valence-corrected chi connectivity index (χ3v) is 3.83. The van der Waals surface area contributed by atoms with Crippen LogP contribution in [-0.4, -0.2) is 46.6 Å². The molecule has 0 amide bonds. The predicted octanol–water partition coefficient (Wildman–Crippen LogP) is 0.508. The van der Waals surface area contributed by atoms with E-state index in [0.29, 0.717) is 6.04 Å². The van der Waals surface area contributed by atoms with Gasteiger partial charge in [0, 0.05) is 24.9 Å². The highest BCUT2D eigenvalue weighted by molar-refractivity contribution is 7.99. The van der Waals surface area contributed by atoms with Crippen molar-refractivity contribution in [2.24, 2.45) is 5.92 Å². The first-order chi connectivity index (χ1) is 5.77. The van der Waals surface area contributed by atoms with Crippen LogP contribution in [0.25, 0.3) is 0 Å². The van der Waals surface area contributed by atoms with Crippen LogP contribution in [0, 0.1) is 5.92 Å².